The lowest BCUT2D eigenvalue weighted by molar-refractivity contribution is 0.515. The van der Waals surface area contributed by atoms with E-state index in [1.165, 1.54) is 0 Å². The quantitative estimate of drug-likeness (QED) is 0.858. The smallest absolute Gasteiger partial charge is 0.246 e. The van der Waals surface area contributed by atoms with Crippen LogP contribution in [0.5, 0.6) is 0 Å². The molecule has 94 valence electrons. The van der Waals surface area contributed by atoms with Crippen molar-refractivity contribution < 1.29 is 0 Å². The van der Waals surface area contributed by atoms with Gasteiger partial charge in [-0.05, 0) is 24.5 Å². The first-order valence-corrected chi connectivity index (χ1v) is 6.36. The Kier molecular flexibility index (Phi) is 2.83. The first kappa shape index (κ1) is 11.3. The van der Waals surface area contributed by atoms with Crippen LogP contribution < -0.4 is 10.6 Å². The van der Waals surface area contributed by atoms with Gasteiger partial charge in [0.2, 0.25) is 5.95 Å². The third kappa shape index (κ3) is 1.80. The SMILES string of the molecule is CC1CCN(c2nnc3ccccc3n2)C1CN. The molecule has 0 spiro atoms. The summed E-state index contributed by atoms with van der Waals surface area (Å²) in [6.07, 6.45) is 1.14. The largest absolute Gasteiger partial charge is 0.335 e. The van der Waals surface area contributed by atoms with E-state index < -0.39 is 0 Å². The summed E-state index contributed by atoms with van der Waals surface area (Å²) in [4.78, 5) is 6.77. The summed E-state index contributed by atoms with van der Waals surface area (Å²) >= 11 is 0. The van der Waals surface area contributed by atoms with E-state index in [1.54, 1.807) is 0 Å². The van der Waals surface area contributed by atoms with Crippen LogP contribution >= 0.6 is 0 Å². The molecule has 1 fully saturated rings. The maximum atomic E-state index is 5.85. The molecule has 0 radical (unpaired) electrons. The fourth-order valence-corrected chi connectivity index (χ4v) is 2.61. The van der Waals surface area contributed by atoms with Gasteiger partial charge in [-0.2, -0.15) is 0 Å². The van der Waals surface area contributed by atoms with Gasteiger partial charge in [-0.15, -0.1) is 10.2 Å². The van der Waals surface area contributed by atoms with E-state index >= 15 is 0 Å². The summed E-state index contributed by atoms with van der Waals surface area (Å²) in [7, 11) is 0. The Labute approximate surface area is 106 Å². The number of aromatic nitrogens is 3. The minimum Gasteiger partial charge on any atom is -0.335 e. The number of benzene rings is 1. The van der Waals surface area contributed by atoms with Gasteiger partial charge < -0.3 is 10.6 Å². The standard InChI is InChI=1S/C13H17N5/c1-9-6-7-18(12(9)8-14)13-15-10-4-2-3-5-11(10)16-17-13/h2-5,9,12H,6-8,14H2,1H3. The van der Waals surface area contributed by atoms with Crippen LogP contribution in [0.4, 0.5) is 5.95 Å². The summed E-state index contributed by atoms with van der Waals surface area (Å²) in [6, 6.07) is 8.12. The van der Waals surface area contributed by atoms with Crippen LogP contribution in [0.3, 0.4) is 0 Å². The molecule has 0 saturated carbocycles. The molecule has 2 atom stereocenters. The summed E-state index contributed by atoms with van der Waals surface area (Å²) < 4.78 is 0. The zero-order valence-corrected chi connectivity index (χ0v) is 10.5. The van der Waals surface area contributed by atoms with Crippen molar-refractivity contribution in [1.82, 2.24) is 15.2 Å². The van der Waals surface area contributed by atoms with Crippen molar-refractivity contribution in [3.05, 3.63) is 24.3 Å². The number of rotatable bonds is 2. The molecule has 1 aliphatic heterocycles. The van der Waals surface area contributed by atoms with Gasteiger partial charge in [0.15, 0.2) is 0 Å². The third-order valence-corrected chi connectivity index (χ3v) is 3.73. The van der Waals surface area contributed by atoms with Gasteiger partial charge >= 0.3 is 0 Å². The number of hydrogen-bond donors (Lipinski definition) is 1. The van der Waals surface area contributed by atoms with E-state index in [4.69, 9.17) is 5.73 Å². The predicted octanol–water partition coefficient (Wildman–Crippen LogP) is 1.20. The van der Waals surface area contributed by atoms with Crippen molar-refractivity contribution in [2.24, 2.45) is 11.7 Å². The molecule has 5 heteroatoms. The molecule has 0 bridgehead atoms. The molecule has 3 rings (SSSR count). The Hall–Kier alpha value is -1.75. The van der Waals surface area contributed by atoms with Gasteiger partial charge in [-0.1, -0.05) is 19.1 Å². The highest BCUT2D eigenvalue weighted by molar-refractivity contribution is 5.74. The van der Waals surface area contributed by atoms with Crippen molar-refractivity contribution in [2.75, 3.05) is 18.0 Å². The zero-order valence-electron chi connectivity index (χ0n) is 10.5. The second kappa shape index (κ2) is 4.49. The van der Waals surface area contributed by atoms with Crippen LogP contribution in [0.1, 0.15) is 13.3 Å². The molecular weight excluding hydrogens is 226 g/mol. The second-order valence-corrected chi connectivity index (χ2v) is 4.86. The van der Waals surface area contributed by atoms with Crippen LogP contribution in [0.15, 0.2) is 24.3 Å². The first-order valence-electron chi connectivity index (χ1n) is 6.36. The molecule has 1 aromatic carbocycles. The summed E-state index contributed by atoms with van der Waals surface area (Å²) in [5.41, 5.74) is 7.57. The first-order chi connectivity index (χ1) is 8.79. The predicted molar refractivity (Wildman–Crippen MR) is 71.3 cm³/mol. The maximum absolute atomic E-state index is 5.85. The molecule has 2 heterocycles. The number of nitrogens with two attached hydrogens (primary N) is 1. The minimum atomic E-state index is 0.327. The molecular formula is C13H17N5. The fraction of sp³-hybridized carbons (Fsp3) is 0.462. The Morgan fingerprint density at radius 2 is 2.06 bits per heavy atom. The van der Waals surface area contributed by atoms with E-state index in [2.05, 4.69) is 27.0 Å². The van der Waals surface area contributed by atoms with Gasteiger partial charge in [0.25, 0.3) is 0 Å². The lowest BCUT2D eigenvalue weighted by atomic mass is 10.0. The Bertz CT molecular complexity index is 556. The topological polar surface area (TPSA) is 67.9 Å². The van der Waals surface area contributed by atoms with Gasteiger partial charge in [-0.3, -0.25) is 0 Å². The number of anilines is 1. The fourth-order valence-electron chi connectivity index (χ4n) is 2.61. The third-order valence-electron chi connectivity index (χ3n) is 3.73. The Morgan fingerprint density at radius 3 is 2.83 bits per heavy atom. The number of fused-ring (bicyclic) bond motifs is 1. The average molecular weight is 243 g/mol. The maximum Gasteiger partial charge on any atom is 0.246 e. The van der Waals surface area contributed by atoms with Gasteiger partial charge in [0.1, 0.15) is 5.52 Å². The van der Waals surface area contributed by atoms with Crippen molar-refractivity contribution in [1.29, 1.82) is 0 Å². The summed E-state index contributed by atoms with van der Waals surface area (Å²) in [5.74, 6) is 1.29. The summed E-state index contributed by atoms with van der Waals surface area (Å²) in [5, 5.41) is 8.46. The van der Waals surface area contributed by atoms with Crippen molar-refractivity contribution in [3.8, 4) is 0 Å². The van der Waals surface area contributed by atoms with Gasteiger partial charge in [0, 0.05) is 19.1 Å². The van der Waals surface area contributed by atoms with Crippen LogP contribution in [-0.4, -0.2) is 34.3 Å². The molecule has 5 nitrogen and oxygen atoms in total. The van der Waals surface area contributed by atoms with E-state index in [1.807, 2.05) is 24.3 Å². The van der Waals surface area contributed by atoms with E-state index in [0.29, 0.717) is 24.5 Å². The number of hydrogen-bond acceptors (Lipinski definition) is 5. The van der Waals surface area contributed by atoms with Crippen molar-refractivity contribution in [2.45, 2.75) is 19.4 Å². The highest BCUT2D eigenvalue weighted by atomic mass is 15.3. The molecule has 0 amide bonds. The normalized spacial score (nSPS) is 23.8. The number of nitrogens with zero attached hydrogens (tertiary/aromatic N) is 4. The van der Waals surface area contributed by atoms with Crippen LogP contribution in [0, 0.1) is 5.92 Å². The van der Waals surface area contributed by atoms with E-state index in [0.717, 1.165) is 24.0 Å². The molecule has 0 aliphatic carbocycles. The van der Waals surface area contributed by atoms with E-state index in [-0.39, 0.29) is 0 Å². The van der Waals surface area contributed by atoms with Crippen molar-refractivity contribution >= 4 is 17.0 Å². The lowest BCUT2D eigenvalue weighted by Crippen LogP contribution is -2.39. The molecule has 1 saturated heterocycles. The highest BCUT2D eigenvalue weighted by Gasteiger charge is 2.31. The Morgan fingerprint density at radius 1 is 1.28 bits per heavy atom. The second-order valence-electron chi connectivity index (χ2n) is 4.86. The zero-order chi connectivity index (χ0) is 12.5. The molecule has 2 unspecified atom stereocenters. The van der Waals surface area contributed by atoms with Gasteiger partial charge in [-0.25, -0.2) is 4.98 Å². The number of para-hydroxylation sites is 1. The minimum absolute atomic E-state index is 0.327. The van der Waals surface area contributed by atoms with Crippen LogP contribution in [-0.2, 0) is 0 Å². The monoisotopic (exact) mass is 243 g/mol. The summed E-state index contributed by atoms with van der Waals surface area (Å²) in [6.45, 7) is 3.83. The molecule has 18 heavy (non-hydrogen) atoms. The van der Waals surface area contributed by atoms with Gasteiger partial charge in [0.05, 0.1) is 5.52 Å². The van der Waals surface area contributed by atoms with Crippen LogP contribution in [0.2, 0.25) is 0 Å². The molecule has 2 N–H and O–H groups in total. The van der Waals surface area contributed by atoms with E-state index in [9.17, 15) is 0 Å². The molecule has 1 aliphatic rings. The highest BCUT2D eigenvalue weighted by Crippen LogP contribution is 2.26. The average Bonchev–Trinajstić information content (AvgIpc) is 2.79. The van der Waals surface area contributed by atoms with Crippen molar-refractivity contribution in [3.63, 3.8) is 0 Å². The lowest BCUT2D eigenvalue weighted by Gasteiger charge is -2.25. The molecule has 2 aromatic rings. The van der Waals surface area contributed by atoms with Crippen LogP contribution in [0.25, 0.3) is 11.0 Å². The Balaban J connectivity index is 1.99. The molecule has 1 aromatic heterocycles.